The average Bonchev–Trinajstić information content (AvgIpc) is 3.35. The topological polar surface area (TPSA) is 82.9 Å². The molecule has 8 heteroatoms. The van der Waals surface area contributed by atoms with E-state index in [1.165, 1.54) is 6.08 Å². The number of nitrogens with one attached hydrogen (secondary N) is 1. The van der Waals surface area contributed by atoms with Gasteiger partial charge in [-0.05, 0) is 52.9 Å². The molecule has 150 valence electrons. The maximum atomic E-state index is 13.1. The fraction of sp³-hybridized carbons (Fsp3) is 0.286. The number of carbonyl (C=O) groups is 3. The molecule has 0 radical (unpaired) electrons. The molecule has 0 atom stereocenters. The Morgan fingerprint density at radius 2 is 1.90 bits per heavy atom. The van der Waals surface area contributed by atoms with E-state index in [1.54, 1.807) is 18.2 Å². The number of anilines is 2. The molecule has 1 aromatic heterocycles. The Labute approximate surface area is 176 Å². The number of imide groups is 2. The van der Waals surface area contributed by atoms with Gasteiger partial charge in [-0.3, -0.25) is 14.9 Å². The van der Waals surface area contributed by atoms with E-state index in [-0.39, 0.29) is 5.57 Å². The minimum atomic E-state index is -0.753. The summed E-state index contributed by atoms with van der Waals surface area (Å²) >= 11 is 3.48. The summed E-state index contributed by atoms with van der Waals surface area (Å²) in [6.45, 7) is 3.74. The molecule has 0 unspecified atom stereocenters. The molecule has 3 heterocycles. The molecule has 0 bridgehead atoms. The third-order valence-electron chi connectivity index (χ3n) is 5.08. The number of rotatable bonds is 4. The molecule has 7 nitrogen and oxygen atoms in total. The molecule has 2 aliphatic heterocycles. The summed E-state index contributed by atoms with van der Waals surface area (Å²) in [5, 5.41) is 2.25. The van der Waals surface area contributed by atoms with Gasteiger partial charge in [0.25, 0.3) is 11.8 Å². The van der Waals surface area contributed by atoms with Crippen molar-refractivity contribution in [3.63, 3.8) is 0 Å². The van der Waals surface area contributed by atoms with Gasteiger partial charge in [-0.25, -0.2) is 9.69 Å². The van der Waals surface area contributed by atoms with Crippen LogP contribution in [0.1, 0.15) is 31.1 Å². The molecule has 2 fully saturated rings. The Kier molecular flexibility index (Phi) is 5.27. The molecule has 1 aromatic carbocycles. The van der Waals surface area contributed by atoms with Gasteiger partial charge in [0.05, 0.1) is 10.2 Å². The average molecular weight is 458 g/mol. The van der Waals surface area contributed by atoms with Crippen LogP contribution in [0.2, 0.25) is 0 Å². The quantitative estimate of drug-likeness (QED) is 0.556. The lowest BCUT2D eigenvalue weighted by molar-refractivity contribution is -0.122. The smallest absolute Gasteiger partial charge is 0.335 e. The third kappa shape index (κ3) is 3.60. The first kappa shape index (κ1) is 19.4. The number of hydrogen-bond donors (Lipinski definition) is 1. The minimum absolute atomic E-state index is 0.148. The van der Waals surface area contributed by atoms with Gasteiger partial charge in [-0.15, -0.1) is 0 Å². The highest BCUT2D eigenvalue weighted by atomic mass is 79.9. The van der Waals surface area contributed by atoms with Crippen molar-refractivity contribution in [2.45, 2.75) is 26.2 Å². The summed E-state index contributed by atoms with van der Waals surface area (Å²) in [4.78, 5) is 41.0. The van der Waals surface area contributed by atoms with Gasteiger partial charge in [0.2, 0.25) is 5.88 Å². The molecular weight excluding hydrogens is 438 g/mol. The Morgan fingerprint density at radius 3 is 2.62 bits per heavy atom. The fourth-order valence-electron chi connectivity index (χ4n) is 3.63. The van der Waals surface area contributed by atoms with Crippen molar-refractivity contribution in [2.24, 2.45) is 0 Å². The predicted octanol–water partition coefficient (Wildman–Crippen LogP) is 3.87. The number of amides is 4. The van der Waals surface area contributed by atoms with Crippen molar-refractivity contribution >= 4 is 51.4 Å². The largest absolute Gasteiger partial charge is 0.440 e. The van der Waals surface area contributed by atoms with Crippen LogP contribution < -0.4 is 15.1 Å². The monoisotopic (exact) mass is 457 g/mol. The number of furan rings is 1. The van der Waals surface area contributed by atoms with Crippen molar-refractivity contribution in [1.29, 1.82) is 0 Å². The number of halogens is 1. The number of carbonyl (C=O) groups excluding carboxylic acids is 3. The second-order valence-electron chi connectivity index (χ2n) is 6.94. The summed E-state index contributed by atoms with van der Waals surface area (Å²) in [7, 11) is 0. The van der Waals surface area contributed by atoms with Crippen LogP contribution in [0, 0.1) is 0 Å². The lowest BCUT2D eigenvalue weighted by Crippen LogP contribution is -2.54. The number of barbiturate groups is 1. The van der Waals surface area contributed by atoms with E-state index in [1.807, 2.05) is 19.1 Å². The van der Waals surface area contributed by atoms with Crippen molar-refractivity contribution in [3.8, 4) is 0 Å². The number of urea groups is 1. The summed E-state index contributed by atoms with van der Waals surface area (Å²) in [6, 6.07) is 8.11. The van der Waals surface area contributed by atoms with Crippen LogP contribution in [-0.2, 0) is 16.0 Å². The normalized spacial score (nSPS) is 18.7. The van der Waals surface area contributed by atoms with E-state index in [0.717, 1.165) is 40.9 Å². The van der Waals surface area contributed by atoms with Crippen LogP contribution in [0.4, 0.5) is 16.4 Å². The summed E-state index contributed by atoms with van der Waals surface area (Å²) in [5.74, 6) is -0.354. The lowest BCUT2D eigenvalue weighted by atomic mass is 10.1. The van der Waals surface area contributed by atoms with Crippen LogP contribution in [0.15, 0.2) is 44.8 Å². The van der Waals surface area contributed by atoms with Crippen LogP contribution in [0.3, 0.4) is 0 Å². The highest BCUT2D eigenvalue weighted by molar-refractivity contribution is 9.10. The number of benzene rings is 1. The first-order valence-corrected chi connectivity index (χ1v) is 10.3. The second kappa shape index (κ2) is 7.87. The Hall–Kier alpha value is -2.87. The van der Waals surface area contributed by atoms with Gasteiger partial charge in [0.15, 0.2) is 0 Å². The molecule has 0 spiro atoms. The Balaban J connectivity index is 1.70. The molecule has 2 aliphatic rings. The summed E-state index contributed by atoms with van der Waals surface area (Å²) in [5.41, 5.74) is 1.15. The Morgan fingerprint density at radius 1 is 1.17 bits per heavy atom. The molecular formula is C21H20BrN3O4. The number of para-hydroxylation sites is 1. The summed E-state index contributed by atoms with van der Waals surface area (Å²) in [6.07, 6.45) is 4.22. The van der Waals surface area contributed by atoms with Crippen molar-refractivity contribution in [3.05, 3.63) is 51.7 Å². The van der Waals surface area contributed by atoms with Gasteiger partial charge < -0.3 is 9.32 Å². The van der Waals surface area contributed by atoms with Crippen molar-refractivity contribution < 1.29 is 18.8 Å². The number of aryl methyl sites for hydroxylation is 1. The minimum Gasteiger partial charge on any atom is -0.440 e. The van der Waals surface area contributed by atoms with Gasteiger partial charge in [0, 0.05) is 19.2 Å². The highest BCUT2D eigenvalue weighted by Crippen LogP contribution is 2.34. The molecule has 0 aliphatic carbocycles. The number of nitrogens with zero attached hydrogens (tertiary/aromatic N) is 2. The van der Waals surface area contributed by atoms with Crippen molar-refractivity contribution in [2.75, 3.05) is 22.9 Å². The molecule has 4 amide bonds. The maximum Gasteiger partial charge on any atom is 0.335 e. The van der Waals surface area contributed by atoms with Crippen LogP contribution in [0.25, 0.3) is 6.08 Å². The highest BCUT2D eigenvalue weighted by Gasteiger charge is 2.38. The first-order chi connectivity index (χ1) is 14.0. The SMILES string of the molecule is CCc1ccccc1N1C(=O)NC(=O)/C(=C\c2cc(Br)c(N3CCCC3)o2)C1=O. The second-order valence-corrected chi connectivity index (χ2v) is 7.79. The molecule has 1 N–H and O–H groups in total. The predicted molar refractivity (Wildman–Crippen MR) is 113 cm³/mol. The van der Waals surface area contributed by atoms with Gasteiger partial charge >= 0.3 is 6.03 Å². The molecule has 0 saturated carbocycles. The van der Waals surface area contributed by atoms with Crippen LogP contribution >= 0.6 is 15.9 Å². The van der Waals surface area contributed by atoms with Crippen LogP contribution in [-0.4, -0.2) is 30.9 Å². The fourth-order valence-corrected chi connectivity index (χ4v) is 4.19. The molecule has 2 aromatic rings. The van der Waals surface area contributed by atoms with Gasteiger partial charge in [-0.2, -0.15) is 0 Å². The van der Waals surface area contributed by atoms with Crippen LogP contribution in [0.5, 0.6) is 0 Å². The van der Waals surface area contributed by atoms with E-state index >= 15 is 0 Å². The van der Waals surface area contributed by atoms with E-state index in [2.05, 4.69) is 26.1 Å². The maximum absolute atomic E-state index is 13.1. The standard InChI is InChI=1S/C21H20BrN3O4/c1-2-13-7-3-4-8-17(13)25-19(27)15(18(26)23-21(25)28)11-14-12-16(22)20(29-14)24-9-5-6-10-24/h3-4,7-8,11-12H,2,5-6,9-10H2,1H3,(H,23,26,28)/b15-11+. The zero-order valence-corrected chi connectivity index (χ0v) is 17.5. The van der Waals surface area contributed by atoms with E-state index in [0.29, 0.717) is 23.8 Å². The first-order valence-electron chi connectivity index (χ1n) is 9.53. The lowest BCUT2D eigenvalue weighted by Gasteiger charge is -2.27. The van der Waals surface area contributed by atoms with Gasteiger partial charge in [0.1, 0.15) is 11.3 Å². The zero-order valence-electron chi connectivity index (χ0n) is 15.9. The van der Waals surface area contributed by atoms with E-state index in [4.69, 9.17) is 4.42 Å². The number of hydrogen-bond acceptors (Lipinski definition) is 5. The van der Waals surface area contributed by atoms with E-state index < -0.39 is 17.8 Å². The molecule has 2 saturated heterocycles. The van der Waals surface area contributed by atoms with Crippen molar-refractivity contribution in [1.82, 2.24) is 5.32 Å². The Bertz CT molecular complexity index is 1020. The summed E-state index contributed by atoms with van der Waals surface area (Å²) < 4.78 is 6.64. The van der Waals surface area contributed by atoms with Gasteiger partial charge in [-0.1, -0.05) is 25.1 Å². The third-order valence-corrected chi connectivity index (χ3v) is 5.65. The molecule has 29 heavy (non-hydrogen) atoms. The van der Waals surface area contributed by atoms with E-state index in [9.17, 15) is 14.4 Å². The zero-order chi connectivity index (χ0) is 20.5. The molecule has 4 rings (SSSR count).